The van der Waals surface area contributed by atoms with Crippen LogP contribution in [0.25, 0.3) is 21.9 Å². The number of hydrogen-bond acceptors (Lipinski definition) is 5. The summed E-state index contributed by atoms with van der Waals surface area (Å²) in [4.78, 5) is 39.5. The van der Waals surface area contributed by atoms with E-state index in [0.717, 1.165) is 10.9 Å². The van der Waals surface area contributed by atoms with Crippen molar-refractivity contribution in [1.82, 2.24) is 25.3 Å². The quantitative estimate of drug-likeness (QED) is 0.472. The fourth-order valence-electron chi connectivity index (χ4n) is 3.08. The molecule has 4 aromatic rings. The first-order valence-corrected chi connectivity index (χ1v) is 8.49. The topological polar surface area (TPSA) is 113 Å². The summed E-state index contributed by atoms with van der Waals surface area (Å²) in [5.41, 5.74) is 2.43. The summed E-state index contributed by atoms with van der Waals surface area (Å²) >= 11 is 0. The van der Waals surface area contributed by atoms with Crippen LogP contribution in [0.4, 0.5) is 0 Å². The number of nitrogens with one attached hydrogen (secondary N) is 3. The lowest BCUT2D eigenvalue weighted by Crippen LogP contribution is -2.34. The summed E-state index contributed by atoms with van der Waals surface area (Å²) in [6, 6.07) is 6.62. The van der Waals surface area contributed by atoms with Crippen molar-refractivity contribution in [1.29, 1.82) is 0 Å². The first-order chi connectivity index (χ1) is 13.2. The largest absolute Gasteiger partial charge is 0.464 e. The summed E-state index contributed by atoms with van der Waals surface area (Å²) in [5.74, 6) is -0.939. The maximum atomic E-state index is 12.9. The number of carbonyl (C=O) groups excluding carboxylic acids is 2. The fraction of sp³-hybridized carbons (Fsp3) is 0.158. The predicted octanol–water partition coefficient (Wildman–Crippen LogP) is 2.47. The first kappa shape index (κ1) is 16.8. The molecule has 0 aliphatic rings. The van der Waals surface area contributed by atoms with Crippen molar-refractivity contribution in [2.24, 2.45) is 0 Å². The molecule has 136 valence electrons. The van der Waals surface area contributed by atoms with E-state index in [2.05, 4.69) is 25.3 Å². The van der Waals surface area contributed by atoms with Gasteiger partial charge in [-0.1, -0.05) is 18.2 Å². The molecular weight excluding hydrogens is 346 g/mol. The second-order valence-corrected chi connectivity index (χ2v) is 5.94. The summed E-state index contributed by atoms with van der Waals surface area (Å²) in [6.45, 7) is 1.94. The van der Waals surface area contributed by atoms with Crippen LogP contribution in [0.1, 0.15) is 28.9 Å². The van der Waals surface area contributed by atoms with Crippen LogP contribution in [0, 0.1) is 0 Å². The molecule has 1 unspecified atom stereocenters. The van der Waals surface area contributed by atoms with Gasteiger partial charge in [-0.3, -0.25) is 4.79 Å². The van der Waals surface area contributed by atoms with Gasteiger partial charge in [0.05, 0.1) is 12.2 Å². The summed E-state index contributed by atoms with van der Waals surface area (Å²) < 4.78 is 5.18. The van der Waals surface area contributed by atoms with Gasteiger partial charge in [0.25, 0.3) is 5.91 Å². The number of aromatic amines is 2. The summed E-state index contributed by atoms with van der Waals surface area (Å²) in [6.07, 6.45) is 6.21. The van der Waals surface area contributed by atoms with E-state index in [1.807, 2.05) is 24.3 Å². The minimum absolute atomic E-state index is 0.217. The number of amides is 1. The molecule has 3 N–H and O–H groups in total. The molecule has 1 amide bonds. The third kappa shape index (κ3) is 3.01. The van der Waals surface area contributed by atoms with Gasteiger partial charge >= 0.3 is 5.97 Å². The van der Waals surface area contributed by atoms with Crippen molar-refractivity contribution in [2.75, 3.05) is 6.61 Å². The minimum Gasteiger partial charge on any atom is -0.464 e. The van der Waals surface area contributed by atoms with Crippen molar-refractivity contribution in [3.8, 4) is 0 Å². The zero-order valence-electron chi connectivity index (χ0n) is 14.5. The van der Waals surface area contributed by atoms with Crippen LogP contribution in [0.3, 0.4) is 0 Å². The zero-order chi connectivity index (χ0) is 18.8. The number of para-hydroxylation sites is 1. The van der Waals surface area contributed by atoms with E-state index in [1.54, 1.807) is 25.5 Å². The van der Waals surface area contributed by atoms with E-state index in [0.29, 0.717) is 22.2 Å². The number of hydrogen-bond donors (Lipinski definition) is 3. The number of esters is 1. The molecule has 3 heterocycles. The highest BCUT2D eigenvalue weighted by molar-refractivity contribution is 6.07. The van der Waals surface area contributed by atoms with Crippen LogP contribution >= 0.6 is 0 Å². The number of carbonyl (C=O) groups is 2. The number of aromatic nitrogens is 4. The second-order valence-electron chi connectivity index (χ2n) is 5.94. The Kier molecular flexibility index (Phi) is 4.29. The average Bonchev–Trinajstić information content (AvgIpc) is 3.30. The van der Waals surface area contributed by atoms with Gasteiger partial charge in [-0.05, 0) is 13.0 Å². The van der Waals surface area contributed by atoms with Gasteiger partial charge in [0.2, 0.25) is 0 Å². The Labute approximate surface area is 154 Å². The normalized spacial score (nSPS) is 12.2. The van der Waals surface area contributed by atoms with Gasteiger partial charge in [0.1, 0.15) is 12.0 Å². The molecule has 0 saturated heterocycles. The Morgan fingerprint density at radius 1 is 1.19 bits per heavy atom. The number of H-pyrrole nitrogens is 2. The highest BCUT2D eigenvalue weighted by Gasteiger charge is 2.28. The number of rotatable bonds is 5. The van der Waals surface area contributed by atoms with E-state index in [1.165, 1.54) is 6.33 Å². The van der Waals surface area contributed by atoms with Crippen molar-refractivity contribution in [3.05, 3.63) is 60.3 Å². The van der Waals surface area contributed by atoms with E-state index < -0.39 is 17.9 Å². The number of fused-ring (bicyclic) bond motifs is 2. The van der Waals surface area contributed by atoms with Crippen LogP contribution in [0.5, 0.6) is 0 Å². The summed E-state index contributed by atoms with van der Waals surface area (Å²) in [5, 5.41) is 4.21. The molecular formula is C19H17N5O3. The number of nitrogens with zero attached hydrogens (tertiary/aromatic N) is 2. The van der Waals surface area contributed by atoms with Gasteiger partial charge in [0, 0.05) is 40.4 Å². The number of benzene rings is 1. The van der Waals surface area contributed by atoms with Crippen LogP contribution in [-0.4, -0.2) is 38.4 Å². The third-order valence-electron chi connectivity index (χ3n) is 4.33. The first-order valence-electron chi connectivity index (χ1n) is 8.49. The van der Waals surface area contributed by atoms with Gasteiger partial charge < -0.3 is 20.0 Å². The standard InChI is InChI=1S/C19H17N5O3/c1-2-27-19(26)16(12-8-21-15-6-4-3-5-11(12)15)24-18(25)14-9-22-17-13(14)7-20-10-23-17/h3-10,16,21H,2H2,1H3,(H,24,25)(H,20,22,23). The fourth-order valence-corrected chi connectivity index (χ4v) is 3.08. The molecule has 8 heteroatoms. The molecule has 27 heavy (non-hydrogen) atoms. The highest BCUT2D eigenvalue weighted by atomic mass is 16.5. The molecule has 0 bridgehead atoms. The van der Waals surface area contributed by atoms with E-state index in [4.69, 9.17) is 4.74 Å². The van der Waals surface area contributed by atoms with Gasteiger partial charge in [-0.15, -0.1) is 0 Å². The molecule has 0 radical (unpaired) electrons. The minimum atomic E-state index is -0.941. The van der Waals surface area contributed by atoms with E-state index in [9.17, 15) is 9.59 Å². The Hall–Kier alpha value is -3.68. The molecule has 0 saturated carbocycles. The molecule has 3 aromatic heterocycles. The Morgan fingerprint density at radius 2 is 2.04 bits per heavy atom. The smallest absolute Gasteiger partial charge is 0.333 e. The van der Waals surface area contributed by atoms with Gasteiger partial charge in [0.15, 0.2) is 6.04 Å². The molecule has 1 aromatic carbocycles. The maximum absolute atomic E-state index is 12.9. The maximum Gasteiger partial charge on any atom is 0.333 e. The average molecular weight is 363 g/mol. The molecule has 4 rings (SSSR count). The third-order valence-corrected chi connectivity index (χ3v) is 4.33. The van der Waals surface area contributed by atoms with Crippen LogP contribution in [-0.2, 0) is 9.53 Å². The van der Waals surface area contributed by atoms with Gasteiger partial charge in [-0.25, -0.2) is 14.8 Å². The van der Waals surface area contributed by atoms with Gasteiger partial charge in [-0.2, -0.15) is 0 Å². The Bertz CT molecular complexity index is 1130. The predicted molar refractivity (Wildman–Crippen MR) is 99.0 cm³/mol. The van der Waals surface area contributed by atoms with E-state index >= 15 is 0 Å². The Morgan fingerprint density at radius 3 is 2.89 bits per heavy atom. The lowest BCUT2D eigenvalue weighted by molar-refractivity contribution is -0.145. The monoisotopic (exact) mass is 363 g/mol. The SMILES string of the molecule is CCOC(=O)C(NC(=O)c1c[nH]c2ncncc12)c1c[nH]c2ccccc12. The molecule has 1 atom stereocenters. The molecule has 0 aliphatic carbocycles. The van der Waals surface area contributed by atoms with Crippen LogP contribution < -0.4 is 5.32 Å². The summed E-state index contributed by atoms with van der Waals surface area (Å²) in [7, 11) is 0. The number of ether oxygens (including phenoxy) is 1. The van der Waals surface area contributed by atoms with E-state index in [-0.39, 0.29) is 6.61 Å². The van der Waals surface area contributed by atoms with Crippen molar-refractivity contribution < 1.29 is 14.3 Å². The molecule has 8 nitrogen and oxygen atoms in total. The zero-order valence-corrected chi connectivity index (χ0v) is 14.5. The van der Waals surface area contributed by atoms with Crippen molar-refractivity contribution >= 4 is 33.8 Å². The lowest BCUT2D eigenvalue weighted by atomic mass is 10.1. The molecule has 0 spiro atoms. The van der Waals surface area contributed by atoms with Crippen LogP contribution in [0.2, 0.25) is 0 Å². The Balaban J connectivity index is 1.71. The van der Waals surface area contributed by atoms with Crippen molar-refractivity contribution in [2.45, 2.75) is 13.0 Å². The van der Waals surface area contributed by atoms with Crippen LogP contribution in [0.15, 0.2) is 49.2 Å². The molecule has 0 aliphatic heterocycles. The van der Waals surface area contributed by atoms with Crippen molar-refractivity contribution in [3.63, 3.8) is 0 Å². The second kappa shape index (κ2) is 6.91. The highest BCUT2D eigenvalue weighted by Crippen LogP contribution is 2.26. The lowest BCUT2D eigenvalue weighted by Gasteiger charge is -2.17. The molecule has 0 fully saturated rings.